The fraction of sp³-hybridized carbons (Fsp3) is 0.923. The molecule has 18 heavy (non-hydrogen) atoms. The molecule has 0 unspecified atom stereocenters. The minimum absolute atomic E-state index is 0.162. The number of carbonyl (C=O) groups excluding carboxylic acids is 1. The molecule has 0 amide bonds. The Kier molecular flexibility index (Phi) is 5.56. The first kappa shape index (κ1) is 15.4. The van der Waals surface area contributed by atoms with Crippen LogP contribution in [-0.2, 0) is 9.63 Å². The lowest BCUT2D eigenvalue weighted by atomic mass is 9.98. The number of hydroxylamine groups is 2. The van der Waals surface area contributed by atoms with E-state index in [9.17, 15) is 4.79 Å². The SMILES string of the molecule is C[C@H]1CN(OC(=O)C(C)(C)C)CCN1CCCN. The molecule has 2 N–H and O–H groups in total. The van der Waals surface area contributed by atoms with Gasteiger partial charge in [-0.3, -0.25) is 4.90 Å². The van der Waals surface area contributed by atoms with E-state index in [1.807, 2.05) is 20.8 Å². The van der Waals surface area contributed by atoms with Crippen LogP contribution in [-0.4, -0.2) is 54.7 Å². The lowest BCUT2D eigenvalue weighted by Crippen LogP contribution is -2.53. The van der Waals surface area contributed by atoms with Crippen LogP contribution in [0.2, 0.25) is 0 Å². The Morgan fingerprint density at radius 2 is 2.06 bits per heavy atom. The molecule has 5 heteroatoms. The molecular formula is C13H27N3O2. The van der Waals surface area contributed by atoms with E-state index in [2.05, 4.69) is 11.8 Å². The second-order valence-corrected chi connectivity index (χ2v) is 6.04. The maximum absolute atomic E-state index is 11.8. The normalized spacial score (nSPS) is 23.1. The molecule has 1 heterocycles. The summed E-state index contributed by atoms with van der Waals surface area (Å²) in [5.41, 5.74) is 5.08. The lowest BCUT2D eigenvalue weighted by molar-refractivity contribution is -0.210. The van der Waals surface area contributed by atoms with E-state index >= 15 is 0 Å². The van der Waals surface area contributed by atoms with Crippen LogP contribution in [0.25, 0.3) is 0 Å². The second-order valence-electron chi connectivity index (χ2n) is 6.04. The molecule has 0 aromatic heterocycles. The molecule has 1 atom stereocenters. The van der Waals surface area contributed by atoms with Crippen molar-refractivity contribution in [1.82, 2.24) is 9.96 Å². The largest absolute Gasteiger partial charge is 0.367 e. The molecule has 0 aliphatic carbocycles. The molecular weight excluding hydrogens is 230 g/mol. The summed E-state index contributed by atoms with van der Waals surface area (Å²) < 4.78 is 0. The minimum atomic E-state index is -0.445. The Morgan fingerprint density at radius 1 is 1.39 bits per heavy atom. The fourth-order valence-corrected chi connectivity index (χ4v) is 1.93. The molecule has 0 spiro atoms. The van der Waals surface area contributed by atoms with E-state index in [0.29, 0.717) is 6.04 Å². The number of rotatable bonds is 4. The molecule has 5 nitrogen and oxygen atoms in total. The predicted molar refractivity (Wildman–Crippen MR) is 71.8 cm³/mol. The Labute approximate surface area is 110 Å². The maximum Gasteiger partial charge on any atom is 0.330 e. The van der Waals surface area contributed by atoms with Crippen molar-refractivity contribution in [3.8, 4) is 0 Å². The van der Waals surface area contributed by atoms with Gasteiger partial charge in [-0.2, -0.15) is 0 Å². The number of hydrogen-bond donors (Lipinski definition) is 1. The third kappa shape index (κ3) is 4.55. The molecule has 1 fully saturated rings. The molecule has 1 rings (SSSR count). The first-order chi connectivity index (χ1) is 8.34. The zero-order valence-electron chi connectivity index (χ0n) is 12.1. The van der Waals surface area contributed by atoms with Crippen LogP contribution in [0.3, 0.4) is 0 Å². The van der Waals surface area contributed by atoms with Gasteiger partial charge in [0.05, 0.1) is 12.0 Å². The Morgan fingerprint density at radius 3 is 2.56 bits per heavy atom. The van der Waals surface area contributed by atoms with Crippen molar-refractivity contribution in [2.75, 3.05) is 32.7 Å². The van der Waals surface area contributed by atoms with Crippen LogP contribution in [0, 0.1) is 5.41 Å². The van der Waals surface area contributed by atoms with Gasteiger partial charge in [-0.25, -0.2) is 4.79 Å². The molecule has 1 aliphatic rings. The standard InChI is InChI=1S/C13H27N3O2/c1-11-10-16(18-12(17)13(2,3)4)9-8-15(11)7-5-6-14/h11H,5-10,14H2,1-4H3/t11-/m0/s1. The van der Waals surface area contributed by atoms with Crippen molar-refractivity contribution in [2.24, 2.45) is 11.1 Å². The van der Waals surface area contributed by atoms with Crippen LogP contribution in [0.15, 0.2) is 0 Å². The zero-order chi connectivity index (χ0) is 13.8. The highest BCUT2D eigenvalue weighted by Crippen LogP contribution is 2.18. The van der Waals surface area contributed by atoms with E-state index in [0.717, 1.165) is 39.1 Å². The van der Waals surface area contributed by atoms with Crippen molar-refractivity contribution in [3.63, 3.8) is 0 Å². The maximum atomic E-state index is 11.8. The topological polar surface area (TPSA) is 58.8 Å². The van der Waals surface area contributed by atoms with Gasteiger partial charge in [-0.05, 0) is 47.2 Å². The van der Waals surface area contributed by atoms with Crippen molar-refractivity contribution >= 4 is 5.97 Å². The van der Waals surface area contributed by atoms with Gasteiger partial charge in [0.15, 0.2) is 0 Å². The summed E-state index contributed by atoms with van der Waals surface area (Å²) in [4.78, 5) is 19.6. The van der Waals surface area contributed by atoms with Gasteiger partial charge in [-0.1, -0.05) is 0 Å². The summed E-state index contributed by atoms with van der Waals surface area (Å²) in [6.07, 6.45) is 1.02. The molecule has 106 valence electrons. The van der Waals surface area contributed by atoms with Gasteiger partial charge in [0.2, 0.25) is 0 Å². The second kappa shape index (κ2) is 6.50. The van der Waals surface area contributed by atoms with E-state index in [1.165, 1.54) is 0 Å². The summed E-state index contributed by atoms with van der Waals surface area (Å²) in [7, 11) is 0. The summed E-state index contributed by atoms with van der Waals surface area (Å²) in [5, 5.41) is 1.79. The molecule has 1 saturated heterocycles. The summed E-state index contributed by atoms with van der Waals surface area (Å²) in [6.45, 7) is 12.0. The summed E-state index contributed by atoms with van der Waals surface area (Å²) in [5.74, 6) is -0.162. The lowest BCUT2D eigenvalue weighted by Gasteiger charge is -2.39. The van der Waals surface area contributed by atoms with Crippen LogP contribution in [0.4, 0.5) is 0 Å². The van der Waals surface area contributed by atoms with Gasteiger partial charge >= 0.3 is 5.97 Å². The quantitative estimate of drug-likeness (QED) is 0.809. The Balaban J connectivity index is 2.39. The van der Waals surface area contributed by atoms with Gasteiger partial charge in [0, 0.05) is 19.1 Å². The average molecular weight is 257 g/mol. The first-order valence-electron chi connectivity index (χ1n) is 6.76. The van der Waals surface area contributed by atoms with Crippen LogP contribution < -0.4 is 5.73 Å². The van der Waals surface area contributed by atoms with E-state index in [4.69, 9.17) is 10.6 Å². The van der Waals surface area contributed by atoms with Crippen LogP contribution >= 0.6 is 0 Å². The van der Waals surface area contributed by atoms with Gasteiger partial charge in [-0.15, -0.1) is 5.06 Å². The Hall–Kier alpha value is -0.650. The Bertz CT molecular complexity index is 276. The van der Waals surface area contributed by atoms with E-state index in [-0.39, 0.29) is 5.97 Å². The van der Waals surface area contributed by atoms with Crippen molar-refractivity contribution in [1.29, 1.82) is 0 Å². The first-order valence-corrected chi connectivity index (χ1v) is 6.76. The van der Waals surface area contributed by atoms with Crippen molar-refractivity contribution in [2.45, 2.75) is 40.2 Å². The number of nitrogens with two attached hydrogens (primary N) is 1. The van der Waals surface area contributed by atoms with Crippen LogP contribution in [0.1, 0.15) is 34.1 Å². The summed E-state index contributed by atoms with van der Waals surface area (Å²) in [6, 6.07) is 0.401. The number of hydrogen-bond acceptors (Lipinski definition) is 5. The van der Waals surface area contributed by atoms with E-state index in [1.54, 1.807) is 5.06 Å². The smallest absolute Gasteiger partial charge is 0.330 e. The average Bonchev–Trinajstić information content (AvgIpc) is 2.26. The fourth-order valence-electron chi connectivity index (χ4n) is 1.93. The van der Waals surface area contributed by atoms with Gasteiger partial charge in [0.1, 0.15) is 0 Å². The molecule has 0 bridgehead atoms. The van der Waals surface area contributed by atoms with Gasteiger partial charge in [0.25, 0.3) is 0 Å². The molecule has 1 aliphatic heterocycles. The van der Waals surface area contributed by atoms with Crippen molar-refractivity contribution < 1.29 is 9.63 Å². The van der Waals surface area contributed by atoms with E-state index < -0.39 is 5.41 Å². The molecule has 0 saturated carbocycles. The summed E-state index contributed by atoms with van der Waals surface area (Å²) >= 11 is 0. The molecule has 0 radical (unpaired) electrons. The molecule has 0 aromatic rings. The van der Waals surface area contributed by atoms with Gasteiger partial charge < -0.3 is 10.6 Å². The number of nitrogens with zero attached hydrogens (tertiary/aromatic N) is 2. The molecule has 0 aromatic carbocycles. The van der Waals surface area contributed by atoms with Crippen LogP contribution in [0.5, 0.6) is 0 Å². The zero-order valence-corrected chi connectivity index (χ0v) is 12.1. The highest BCUT2D eigenvalue weighted by atomic mass is 16.7. The predicted octanol–water partition coefficient (Wildman–Crippen LogP) is 0.846. The highest BCUT2D eigenvalue weighted by molar-refractivity contribution is 5.75. The highest BCUT2D eigenvalue weighted by Gasteiger charge is 2.30. The minimum Gasteiger partial charge on any atom is -0.367 e. The number of piperazine rings is 1. The number of carbonyl (C=O) groups is 1. The van der Waals surface area contributed by atoms with Crippen molar-refractivity contribution in [3.05, 3.63) is 0 Å². The monoisotopic (exact) mass is 257 g/mol. The third-order valence-electron chi connectivity index (χ3n) is 3.20. The third-order valence-corrected chi connectivity index (χ3v) is 3.20.